The second-order valence-corrected chi connectivity index (χ2v) is 3.96. The molecule has 0 unspecified atom stereocenters. The topological polar surface area (TPSA) is 37.8 Å². The second kappa shape index (κ2) is 3.09. The van der Waals surface area contributed by atoms with E-state index in [1.165, 1.54) is 0 Å². The van der Waals surface area contributed by atoms with Gasteiger partial charge in [0.15, 0.2) is 0 Å². The molecule has 1 rings (SSSR count). The van der Waals surface area contributed by atoms with E-state index in [1.54, 1.807) is 12.4 Å². The van der Waals surface area contributed by atoms with Crippen molar-refractivity contribution in [2.45, 2.75) is 33.2 Å². The van der Waals surface area contributed by atoms with Crippen molar-refractivity contribution in [3.05, 3.63) is 18.0 Å². The van der Waals surface area contributed by atoms with Crippen LogP contribution >= 0.6 is 0 Å². The molecule has 1 heterocycles. The van der Waals surface area contributed by atoms with Gasteiger partial charge in [-0.3, -0.25) is 0 Å². The lowest BCUT2D eigenvalue weighted by atomic mass is 10.1. The summed E-state index contributed by atoms with van der Waals surface area (Å²) < 4.78 is 0. The van der Waals surface area contributed by atoms with Crippen LogP contribution in [0.5, 0.6) is 0 Å². The molecule has 3 heteroatoms. The van der Waals surface area contributed by atoms with Crippen LogP contribution in [0.25, 0.3) is 0 Å². The van der Waals surface area contributed by atoms with Crippen LogP contribution in [0.4, 0.5) is 5.95 Å². The Morgan fingerprint density at radius 2 is 1.67 bits per heavy atom. The van der Waals surface area contributed by atoms with E-state index in [9.17, 15) is 0 Å². The summed E-state index contributed by atoms with van der Waals surface area (Å²) in [5.41, 5.74) is 1.10. The van der Waals surface area contributed by atoms with Crippen LogP contribution < -0.4 is 5.32 Å². The molecule has 0 aliphatic heterocycles. The molecule has 0 aromatic carbocycles. The van der Waals surface area contributed by atoms with E-state index in [-0.39, 0.29) is 5.54 Å². The van der Waals surface area contributed by atoms with Gasteiger partial charge in [-0.25, -0.2) is 9.97 Å². The monoisotopic (exact) mass is 165 g/mol. The van der Waals surface area contributed by atoms with Gasteiger partial charge in [-0.2, -0.15) is 0 Å². The number of nitrogens with zero attached hydrogens (tertiary/aromatic N) is 2. The number of anilines is 1. The minimum absolute atomic E-state index is 0.0231. The Kier molecular flexibility index (Phi) is 2.31. The first-order valence-corrected chi connectivity index (χ1v) is 4.04. The molecule has 0 atom stereocenters. The summed E-state index contributed by atoms with van der Waals surface area (Å²) in [6, 6.07) is 0. The summed E-state index contributed by atoms with van der Waals surface area (Å²) in [6.07, 6.45) is 3.61. The number of hydrogen-bond acceptors (Lipinski definition) is 3. The molecule has 12 heavy (non-hydrogen) atoms. The van der Waals surface area contributed by atoms with Gasteiger partial charge in [0, 0.05) is 17.9 Å². The number of aromatic nitrogens is 2. The van der Waals surface area contributed by atoms with E-state index >= 15 is 0 Å². The average molecular weight is 165 g/mol. The third-order valence-electron chi connectivity index (χ3n) is 1.27. The van der Waals surface area contributed by atoms with Crippen molar-refractivity contribution in [1.82, 2.24) is 9.97 Å². The first kappa shape index (κ1) is 8.97. The van der Waals surface area contributed by atoms with Gasteiger partial charge in [0.1, 0.15) is 0 Å². The van der Waals surface area contributed by atoms with Gasteiger partial charge in [-0.15, -0.1) is 0 Å². The van der Waals surface area contributed by atoms with Gasteiger partial charge < -0.3 is 5.32 Å². The molecule has 0 radical (unpaired) electrons. The fourth-order valence-corrected chi connectivity index (χ4v) is 0.793. The van der Waals surface area contributed by atoms with Crippen LogP contribution in [0, 0.1) is 6.92 Å². The highest BCUT2D eigenvalue weighted by molar-refractivity contribution is 5.27. The van der Waals surface area contributed by atoms with Gasteiger partial charge in [0.25, 0.3) is 0 Å². The van der Waals surface area contributed by atoms with Crippen LogP contribution in [0.1, 0.15) is 26.3 Å². The molecule has 1 aromatic heterocycles. The SMILES string of the molecule is Cc1cnc(NC(C)(C)C)nc1. The lowest BCUT2D eigenvalue weighted by Gasteiger charge is -2.19. The maximum absolute atomic E-state index is 4.14. The van der Waals surface area contributed by atoms with Crippen LogP contribution in [0.15, 0.2) is 12.4 Å². The Morgan fingerprint density at radius 3 is 2.08 bits per heavy atom. The van der Waals surface area contributed by atoms with Crippen LogP contribution in [-0.4, -0.2) is 15.5 Å². The predicted molar refractivity (Wildman–Crippen MR) is 50.1 cm³/mol. The molecule has 0 amide bonds. The molecule has 0 aliphatic rings. The van der Waals surface area contributed by atoms with E-state index in [0.29, 0.717) is 5.95 Å². The Labute approximate surface area is 73.2 Å². The highest BCUT2D eigenvalue weighted by Gasteiger charge is 2.09. The standard InChI is InChI=1S/C9H15N3/c1-7-5-10-8(11-6-7)12-9(2,3)4/h5-6H,1-4H3,(H,10,11,12). The summed E-state index contributed by atoms with van der Waals surface area (Å²) in [4.78, 5) is 8.28. The fourth-order valence-electron chi connectivity index (χ4n) is 0.793. The number of nitrogens with one attached hydrogen (secondary N) is 1. The Morgan fingerprint density at radius 1 is 1.17 bits per heavy atom. The highest BCUT2D eigenvalue weighted by atomic mass is 15.1. The van der Waals surface area contributed by atoms with Gasteiger partial charge in [0.05, 0.1) is 0 Å². The van der Waals surface area contributed by atoms with Crippen molar-refractivity contribution in [3.8, 4) is 0 Å². The molecule has 0 fully saturated rings. The molecular formula is C9H15N3. The summed E-state index contributed by atoms with van der Waals surface area (Å²) >= 11 is 0. The van der Waals surface area contributed by atoms with Crippen LogP contribution in [-0.2, 0) is 0 Å². The molecule has 0 saturated carbocycles. The van der Waals surface area contributed by atoms with Crippen molar-refractivity contribution < 1.29 is 0 Å². The zero-order valence-corrected chi connectivity index (χ0v) is 8.05. The van der Waals surface area contributed by atoms with Crippen molar-refractivity contribution >= 4 is 5.95 Å². The normalized spacial score (nSPS) is 11.3. The van der Waals surface area contributed by atoms with E-state index in [4.69, 9.17) is 0 Å². The fraction of sp³-hybridized carbons (Fsp3) is 0.556. The molecule has 0 bridgehead atoms. The Bertz CT molecular complexity index is 245. The zero-order valence-electron chi connectivity index (χ0n) is 8.05. The van der Waals surface area contributed by atoms with E-state index in [0.717, 1.165) is 5.56 Å². The first-order valence-electron chi connectivity index (χ1n) is 4.04. The van der Waals surface area contributed by atoms with Crippen molar-refractivity contribution in [2.24, 2.45) is 0 Å². The van der Waals surface area contributed by atoms with Gasteiger partial charge >= 0.3 is 0 Å². The van der Waals surface area contributed by atoms with Crippen molar-refractivity contribution in [3.63, 3.8) is 0 Å². The van der Waals surface area contributed by atoms with Crippen molar-refractivity contribution in [2.75, 3.05) is 5.32 Å². The lowest BCUT2D eigenvalue weighted by Crippen LogP contribution is -2.27. The highest BCUT2D eigenvalue weighted by Crippen LogP contribution is 2.08. The smallest absolute Gasteiger partial charge is 0.222 e. The third-order valence-corrected chi connectivity index (χ3v) is 1.27. The predicted octanol–water partition coefficient (Wildman–Crippen LogP) is 2.00. The number of aryl methyl sites for hydroxylation is 1. The Balaban J connectivity index is 2.71. The molecular weight excluding hydrogens is 150 g/mol. The number of hydrogen-bond donors (Lipinski definition) is 1. The third kappa shape index (κ3) is 2.86. The van der Waals surface area contributed by atoms with Gasteiger partial charge in [-0.05, 0) is 33.3 Å². The molecule has 3 nitrogen and oxygen atoms in total. The number of rotatable bonds is 1. The minimum Gasteiger partial charge on any atom is -0.350 e. The summed E-state index contributed by atoms with van der Waals surface area (Å²) in [6.45, 7) is 8.21. The maximum atomic E-state index is 4.14. The summed E-state index contributed by atoms with van der Waals surface area (Å²) in [5, 5.41) is 3.19. The van der Waals surface area contributed by atoms with E-state index in [2.05, 4.69) is 36.1 Å². The van der Waals surface area contributed by atoms with Gasteiger partial charge in [-0.1, -0.05) is 0 Å². The average Bonchev–Trinajstić information content (AvgIpc) is 1.91. The lowest BCUT2D eigenvalue weighted by molar-refractivity contribution is 0.625. The zero-order chi connectivity index (χ0) is 9.19. The first-order chi connectivity index (χ1) is 5.47. The van der Waals surface area contributed by atoms with Crippen LogP contribution in [0.2, 0.25) is 0 Å². The molecule has 1 N–H and O–H groups in total. The summed E-state index contributed by atoms with van der Waals surface area (Å²) in [7, 11) is 0. The van der Waals surface area contributed by atoms with Crippen LogP contribution in [0.3, 0.4) is 0 Å². The van der Waals surface area contributed by atoms with E-state index in [1.807, 2.05) is 6.92 Å². The minimum atomic E-state index is 0.0231. The quantitative estimate of drug-likeness (QED) is 0.691. The largest absolute Gasteiger partial charge is 0.350 e. The van der Waals surface area contributed by atoms with E-state index < -0.39 is 0 Å². The maximum Gasteiger partial charge on any atom is 0.222 e. The molecule has 66 valence electrons. The molecule has 0 aliphatic carbocycles. The molecule has 0 saturated heterocycles. The second-order valence-electron chi connectivity index (χ2n) is 3.96. The van der Waals surface area contributed by atoms with Crippen molar-refractivity contribution in [1.29, 1.82) is 0 Å². The molecule has 1 aromatic rings. The van der Waals surface area contributed by atoms with Gasteiger partial charge in [0.2, 0.25) is 5.95 Å². The molecule has 0 spiro atoms. The Hall–Kier alpha value is -1.12. The summed E-state index contributed by atoms with van der Waals surface area (Å²) in [5.74, 6) is 0.688.